The highest BCUT2D eigenvalue weighted by atomic mass is 79.9. The molecule has 3 rings (SSSR count). The SMILES string of the molecule is CCC1CCC(NC2CC(c3cccc(Br)c3)C2)CC1. The standard InChI is InChI=1S/C18H26BrN/c1-2-13-6-8-17(9-7-13)20-18-11-15(12-18)14-4-3-5-16(19)10-14/h3-5,10,13,15,17-18,20H,2,6-9,11-12H2,1H3. The van der Waals surface area contributed by atoms with Gasteiger partial charge in [-0.1, -0.05) is 41.4 Å². The van der Waals surface area contributed by atoms with Crippen LogP contribution in [0.3, 0.4) is 0 Å². The molecule has 2 heteroatoms. The number of benzene rings is 1. The van der Waals surface area contributed by atoms with Crippen molar-refractivity contribution in [3.8, 4) is 0 Å². The number of nitrogens with one attached hydrogen (secondary N) is 1. The first-order chi connectivity index (χ1) is 9.74. The predicted molar refractivity (Wildman–Crippen MR) is 89.1 cm³/mol. The third kappa shape index (κ3) is 3.46. The van der Waals surface area contributed by atoms with Crippen molar-refractivity contribution >= 4 is 15.9 Å². The van der Waals surface area contributed by atoms with Crippen LogP contribution in [0, 0.1) is 5.92 Å². The van der Waals surface area contributed by atoms with Crippen LogP contribution in [0.2, 0.25) is 0 Å². The minimum Gasteiger partial charge on any atom is -0.311 e. The van der Waals surface area contributed by atoms with Gasteiger partial charge in [0.15, 0.2) is 0 Å². The highest BCUT2D eigenvalue weighted by molar-refractivity contribution is 9.10. The van der Waals surface area contributed by atoms with Crippen LogP contribution in [-0.4, -0.2) is 12.1 Å². The van der Waals surface area contributed by atoms with Crippen LogP contribution in [0.5, 0.6) is 0 Å². The molecule has 0 unspecified atom stereocenters. The molecule has 0 radical (unpaired) electrons. The van der Waals surface area contributed by atoms with Gasteiger partial charge in [-0.2, -0.15) is 0 Å². The van der Waals surface area contributed by atoms with E-state index in [1.54, 1.807) is 0 Å². The molecule has 0 bridgehead atoms. The summed E-state index contributed by atoms with van der Waals surface area (Å²) in [5.74, 6) is 1.78. The summed E-state index contributed by atoms with van der Waals surface area (Å²) >= 11 is 3.58. The smallest absolute Gasteiger partial charge is 0.0178 e. The van der Waals surface area contributed by atoms with Crippen molar-refractivity contribution in [1.29, 1.82) is 0 Å². The topological polar surface area (TPSA) is 12.0 Å². The lowest BCUT2D eigenvalue weighted by Gasteiger charge is -2.40. The molecule has 0 spiro atoms. The maximum Gasteiger partial charge on any atom is 0.0178 e. The lowest BCUT2D eigenvalue weighted by Crippen LogP contribution is -2.46. The Morgan fingerprint density at radius 1 is 1.10 bits per heavy atom. The van der Waals surface area contributed by atoms with Crippen LogP contribution in [0.1, 0.15) is 63.4 Å². The van der Waals surface area contributed by atoms with Crippen molar-refractivity contribution in [1.82, 2.24) is 5.32 Å². The van der Waals surface area contributed by atoms with Gasteiger partial charge in [0.05, 0.1) is 0 Å². The zero-order chi connectivity index (χ0) is 13.9. The number of hydrogen-bond acceptors (Lipinski definition) is 1. The molecule has 1 N–H and O–H groups in total. The second-order valence-corrected chi connectivity index (χ2v) is 7.63. The lowest BCUT2D eigenvalue weighted by molar-refractivity contribution is 0.215. The van der Waals surface area contributed by atoms with Gasteiger partial charge in [0.2, 0.25) is 0 Å². The molecule has 1 aromatic carbocycles. The lowest BCUT2D eigenvalue weighted by atomic mass is 9.75. The molecule has 0 aromatic heterocycles. The molecule has 0 amide bonds. The van der Waals surface area contributed by atoms with E-state index in [-0.39, 0.29) is 0 Å². The van der Waals surface area contributed by atoms with Crippen molar-refractivity contribution < 1.29 is 0 Å². The monoisotopic (exact) mass is 335 g/mol. The van der Waals surface area contributed by atoms with Crippen molar-refractivity contribution in [3.05, 3.63) is 34.3 Å². The van der Waals surface area contributed by atoms with E-state index < -0.39 is 0 Å². The van der Waals surface area contributed by atoms with E-state index in [4.69, 9.17) is 0 Å². The summed E-state index contributed by atoms with van der Waals surface area (Å²) in [6.07, 6.45) is 9.70. The van der Waals surface area contributed by atoms with Gasteiger partial charge in [-0.25, -0.2) is 0 Å². The molecule has 110 valence electrons. The predicted octanol–water partition coefficient (Wildman–Crippen LogP) is 5.25. The number of rotatable bonds is 4. The molecule has 1 aromatic rings. The second-order valence-electron chi connectivity index (χ2n) is 6.71. The molecule has 2 aliphatic carbocycles. The van der Waals surface area contributed by atoms with Gasteiger partial charge in [-0.15, -0.1) is 0 Å². The Hall–Kier alpha value is -0.340. The van der Waals surface area contributed by atoms with E-state index in [1.807, 2.05) is 0 Å². The summed E-state index contributed by atoms with van der Waals surface area (Å²) in [5, 5.41) is 3.90. The summed E-state index contributed by atoms with van der Waals surface area (Å²) < 4.78 is 1.21. The third-order valence-corrected chi connectivity index (χ3v) is 5.85. The van der Waals surface area contributed by atoms with Gasteiger partial charge in [-0.3, -0.25) is 0 Å². The first kappa shape index (κ1) is 14.6. The molecular weight excluding hydrogens is 310 g/mol. The summed E-state index contributed by atoms with van der Waals surface area (Å²) in [4.78, 5) is 0. The minimum absolute atomic E-state index is 0.766. The van der Waals surface area contributed by atoms with Crippen LogP contribution >= 0.6 is 15.9 Å². The highest BCUT2D eigenvalue weighted by Gasteiger charge is 2.32. The van der Waals surface area contributed by atoms with Crippen LogP contribution in [0.25, 0.3) is 0 Å². The molecule has 0 saturated heterocycles. The fraction of sp³-hybridized carbons (Fsp3) is 0.667. The number of halogens is 1. The van der Waals surface area contributed by atoms with E-state index in [2.05, 4.69) is 52.4 Å². The Morgan fingerprint density at radius 3 is 2.50 bits per heavy atom. The van der Waals surface area contributed by atoms with Gasteiger partial charge in [-0.05, 0) is 68.1 Å². The summed E-state index contributed by atoms with van der Waals surface area (Å²) in [5.41, 5.74) is 1.51. The van der Waals surface area contributed by atoms with E-state index in [0.29, 0.717) is 0 Å². The van der Waals surface area contributed by atoms with Gasteiger partial charge in [0.25, 0.3) is 0 Å². The average molecular weight is 336 g/mol. The molecule has 0 aliphatic heterocycles. The largest absolute Gasteiger partial charge is 0.311 e. The molecule has 0 atom stereocenters. The average Bonchev–Trinajstić information content (AvgIpc) is 2.43. The van der Waals surface area contributed by atoms with E-state index >= 15 is 0 Å². The maximum absolute atomic E-state index is 3.90. The van der Waals surface area contributed by atoms with Crippen LogP contribution in [0.4, 0.5) is 0 Å². The highest BCUT2D eigenvalue weighted by Crippen LogP contribution is 2.38. The van der Waals surface area contributed by atoms with Crippen molar-refractivity contribution in [2.24, 2.45) is 5.92 Å². The maximum atomic E-state index is 3.90. The summed E-state index contributed by atoms with van der Waals surface area (Å²) in [6.45, 7) is 2.34. The second kappa shape index (κ2) is 6.62. The van der Waals surface area contributed by atoms with Gasteiger partial charge in [0.1, 0.15) is 0 Å². The van der Waals surface area contributed by atoms with Crippen molar-refractivity contribution in [3.63, 3.8) is 0 Å². The van der Waals surface area contributed by atoms with Crippen LogP contribution < -0.4 is 5.32 Å². The van der Waals surface area contributed by atoms with Crippen LogP contribution in [-0.2, 0) is 0 Å². The first-order valence-electron chi connectivity index (χ1n) is 8.26. The van der Waals surface area contributed by atoms with Gasteiger partial charge < -0.3 is 5.32 Å². The van der Waals surface area contributed by atoms with Crippen molar-refractivity contribution in [2.75, 3.05) is 0 Å². The van der Waals surface area contributed by atoms with Gasteiger partial charge >= 0.3 is 0 Å². The Balaban J connectivity index is 1.42. The molecule has 2 aliphatic rings. The Labute approximate surface area is 131 Å². The normalized spacial score (nSPS) is 33.7. The molecule has 0 heterocycles. The fourth-order valence-corrected chi connectivity index (χ4v) is 4.27. The zero-order valence-corrected chi connectivity index (χ0v) is 14.0. The Kier molecular flexibility index (Phi) is 4.83. The van der Waals surface area contributed by atoms with E-state index in [0.717, 1.165) is 23.9 Å². The minimum atomic E-state index is 0.766. The Morgan fingerprint density at radius 2 is 1.85 bits per heavy atom. The van der Waals surface area contributed by atoms with Gasteiger partial charge in [0, 0.05) is 16.6 Å². The number of hydrogen-bond donors (Lipinski definition) is 1. The molecule has 20 heavy (non-hydrogen) atoms. The fourth-order valence-electron chi connectivity index (χ4n) is 3.86. The molecule has 2 saturated carbocycles. The molecule has 1 nitrogen and oxygen atoms in total. The molecular formula is C18H26BrN. The van der Waals surface area contributed by atoms with E-state index in [1.165, 1.54) is 55.0 Å². The van der Waals surface area contributed by atoms with Crippen LogP contribution in [0.15, 0.2) is 28.7 Å². The third-order valence-electron chi connectivity index (χ3n) is 5.35. The Bertz CT molecular complexity index is 431. The molecule has 2 fully saturated rings. The summed E-state index contributed by atoms with van der Waals surface area (Å²) in [7, 11) is 0. The van der Waals surface area contributed by atoms with E-state index in [9.17, 15) is 0 Å². The summed E-state index contributed by atoms with van der Waals surface area (Å²) in [6, 6.07) is 10.4. The first-order valence-corrected chi connectivity index (χ1v) is 9.05. The zero-order valence-electron chi connectivity index (χ0n) is 12.4. The van der Waals surface area contributed by atoms with Crippen molar-refractivity contribution in [2.45, 2.75) is 69.9 Å². The quantitative estimate of drug-likeness (QED) is 0.791.